The van der Waals surface area contributed by atoms with Crippen molar-refractivity contribution in [1.82, 2.24) is 4.98 Å². The Labute approximate surface area is 208 Å². The molecule has 1 aromatic heterocycles. The fourth-order valence-electron chi connectivity index (χ4n) is 4.64. The van der Waals surface area contributed by atoms with Crippen molar-refractivity contribution >= 4 is 15.6 Å². The number of rotatable bonds is 7. The number of hydrogen-bond donors (Lipinski definition) is 0. The van der Waals surface area contributed by atoms with Crippen molar-refractivity contribution in [2.75, 3.05) is 5.75 Å². The van der Waals surface area contributed by atoms with Gasteiger partial charge in [0.05, 0.1) is 21.8 Å². The number of aromatic nitrogens is 1. The van der Waals surface area contributed by atoms with E-state index >= 15 is 0 Å². The van der Waals surface area contributed by atoms with Crippen molar-refractivity contribution in [2.45, 2.75) is 56.6 Å². The molecule has 188 valence electrons. The number of sulfone groups is 1. The molecule has 0 saturated heterocycles. The fourth-order valence-corrected chi connectivity index (χ4v) is 5.60. The van der Waals surface area contributed by atoms with E-state index in [0.29, 0.717) is 29.8 Å². The molecule has 0 atom stereocenters. The molecule has 0 radical (unpaired) electrons. The Morgan fingerprint density at radius 1 is 0.972 bits per heavy atom. The number of pyridine rings is 1. The van der Waals surface area contributed by atoms with Crippen molar-refractivity contribution in [1.29, 1.82) is 0 Å². The monoisotopic (exact) mass is 513 g/mol. The van der Waals surface area contributed by atoms with E-state index in [1.165, 1.54) is 12.1 Å². The molecule has 5 rings (SSSR count). The van der Waals surface area contributed by atoms with Gasteiger partial charge in [-0.05, 0) is 73.7 Å². The molecule has 36 heavy (non-hydrogen) atoms. The molecule has 2 aromatic carbocycles. The summed E-state index contributed by atoms with van der Waals surface area (Å²) in [6.07, 6.45) is -2.39. The molecule has 2 aliphatic rings. The molecule has 0 amide bonds. The Balaban J connectivity index is 1.41. The number of aryl methyl sites for hydroxylation is 2. The standard InChI is InChI=1S/C27H25F2NO5S/c1-4-36(32,33)20-8-9-21(17(3)13-20)25-16(2)5-7-19(30-25)15-24(31)26(11-12-26)18-6-10-22-23(14-18)35-27(28,29)34-22/h5-10,13-14H,4,11-12,15H2,1-3H3. The smallest absolute Gasteiger partial charge is 0.395 e. The number of alkyl halides is 2. The van der Waals surface area contributed by atoms with E-state index in [1.807, 2.05) is 19.9 Å². The lowest BCUT2D eigenvalue weighted by atomic mass is 9.88. The number of nitrogens with zero attached hydrogens (tertiary/aromatic N) is 1. The van der Waals surface area contributed by atoms with Crippen molar-refractivity contribution in [3.63, 3.8) is 0 Å². The van der Waals surface area contributed by atoms with Gasteiger partial charge in [0, 0.05) is 17.7 Å². The minimum atomic E-state index is -3.71. The van der Waals surface area contributed by atoms with Gasteiger partial charge < -0.3 is 9.47 Å². The SMILES string of the molecule is CCS(=O)(=O)c1ccc(-c2nc(CC(=O)C3(c4ccc5c(c4)OC(F)(F)O5)CC3)ccc2C)c(C)c1. The van der Waals surface area contributed by atoms with Crippen LogP contribution in [0.4, 0.5) is 8.78 Å². The fraction of sp³-hybridized carbons (Fsp3) is 0.333. The van der Waals surface area contributed by atoms with Crippen LogP contribution >= 0.6 is 0 Å². The molecule has 1 saturated carbocycles. The highest BCUT2D eigenvalue weighted by atomic mass is 32.2. The first-order valence-corrected chi connectivity index (χ1v) is 13.3. The molecular weight excluding hydrogens is 488 g/mol. The van der Waals surface area contributed by atoms with Gasteiger partial charge in [-0.2, -0.15) is 0 Å². The Bertz CT molecular complexity index is 1500. The minimum Gasteiger partial charge on any atom is -0.395 e. The summed E-state index contributed by atoms with van der Waals surface area (Å²) in [5.74, 6) is -0.147. The number of Topliss-reactive ketones (excluding diaryl/α,β-unsaturated/α-hetero) is 1. The minimum absolute atomic E-state index is 0.0220. The lowest BCUT2D eigenvalue weighted by Gasteiger charge is -2.16. The van der Waals surface area contributed by atoms with Gasteiger partial charge in [-0.3, -0.25) is 9.78 Å². The largest absolute Gasteiger partial charge is 0.586 e. The number of carbonyl (C=O) groups excluding carboxylic acids is 1. The van der Waals surface area contributed by atoms with Crippen LogP contribution in [-0.4, -0.2) is 31.2 Å². The maximum absolute atomic E-state index is 13.4. The molecule has 3 aromatic rings. The summed E-state index contributed by atoms with van der Waals surface area (Å²) >= 11 is 0. The number of fused-ring (bicyclic) bond motifs is 1. The number of ketones is 1. The van der Waals surface area contributed by atoms with Gasteiger partial charge in [0.1, 0.15) is 5.78 Å². The van der Waals surface area contributed by atoms with Crippen molar-refractivity contribution in [2.24, 2.45) is 0 Å². The molecule has 0 unspecified atom stereocenters. The third-order valence-electron chi connectivity index (χ3n) is 6.93. The van der Waals surface area contributed by atoms with E-state index in [0.717, 1.165) is 16.7 Å². The van der Waals surface area contributed by atoms with E-state index in [-0.39, 0.29) is 34.4 Å². The van der Waals surface area contributed by atoms with Crippen LogP contribution in [0.3, 0.4) is 0 Å². The average molecular weight is 514 g/mol. The van der Waals surface area contributed by atoms with Crippen LogP contribution < -0.4 is 9.47 Å². The summed E-state index contributed by atoms with van der Waals surface area (Å²) in [5.41, 5.74) is 3.63. The molecule has 6 nitrogen and oxygen atoms in total. The Morgan fingerprint density at radius 2 is 1.69 bits per heavy atom. The van der Waals surface area contributed by atoms with Crippen molar-refractivity contribution in [3.8, 4) is 22.8 Å². The van der Waals surface area contributed by atoms with Crippen molar-refractivity contribution < 1.29 is 31.5 Å². The number of carbonyl (C=O) groups is 1. The van der Waals surface area contributed by atoms with E-state index in [2.05, 4.69) is 9.47 Å². The topological polar surface area (TPSA) is 82.6 Å². The molecule has 1 aliphatic heterocycles. The lowest BCUT2D eigenvalue weighted by Crippen LogP contribution is -2.26. The molecule has 0 bridgehead atoms. The van der Waals surface area contributed by atoms with Crippen LogP contribution in [0.5, 0.6) is 11.5 Å². The zero-order chi connectivity index (χ0) is 25.9. The number of benzene rings is 2. The summed E-state index contributed by atoms with van der Waals surface area (Å²) in [6.45, 7) is 5.36. The maximum atomic E-state index is 13.4. The Morgan fingerprint density at radius 3 is 2.36 bits per heavy atom. The highest BCUT2D eigenvalue weighted by Crippen LogP contribution is 2.52. The van der Waals surface area contributed by atoms with Gasteiger partial charge >= 0.3 is 6.29 Å². The second-order valence-electron chi connectivity index (χ2n) is 9.36. The van der Waals surface area contributed by atoms with Crippen LogP contribution in [0.25, 0.3) is 11.3 Å². The molecule has 1 fully saturated rings. The molecule has 0 spiro atoms. The van der Waals surface area contributed by atoms with Gasteiger partial charge in [-0.1, -0.05) is 25.1 Å². The van der Waals surface area contributed by atoms with Crippen LogP contribution in [0.1, 0.15) is 42.1 Å². The molecule has 1 aliphatic carbocycles. The van der Waals surface area contributed by atoms with E-state index < -0.39 is 21.5 Å². The number of ether oxygens (including phenoxy) is 2. The van der Waals surface area contributed by atoms with E-state index in [9.17, 15) is 22.0 Å². The quantitative estimate of drug-likeness (QED) is 0.425. The predicted molar refractivity (Wildman–Crippen MR) is 129 cm³/mol. The second kappa shape index (κ2) is 8.37. The molecule has 9 heteroatoms. The van der Waals surface area contributed by atoms with Crippen LogP contribution in [0.15, 0.2) is 53.4 Å². The molecule has 0 N–H and O–H groups in total. The third-order valence-corrected chi connectivity index (χ3v) is 8.66. The Kier molecular flexibility index (Phi) is 5.66. The van der Waals surface area contributed by atoms with Gasteiger partial charge in [-0.25, -0.2) is 8.42 Å². The van der Waals surface area contributed by atoms with E-state index in [4.69, 9.17) is 4.98 Å². The van der Waals surface area contributed by atoms with Gasteiger partial charge in [0.2, 0.25) is 0 Å². The van der Waals surface area contributed by atoms with Crippen molar-refractivity contribution in [3.05, 3.63) is 70.9 Å². The van der Waals surface area contributed by atoms with Gasteiger partial charge in [-0.15, -0.1) is 8.78 Å². The summed E-state index contributed by atoms with van der Waals surface area (Å²) in [7, 11) is -3.32. The Hall–Kier alpha value is -3.33. The molecular formula is C27H25F2NO5S. The second-order valence-corrected chi connectivity index (χ2v) is 11.6. The van der Waals surface area contributed by atoms with Crippen LogP contribution in [-0.2, 0) is 26.5 Å². The summed E-state index contributed by atoms with van der Waals surface area (Å²) in [4.78, 5) is 18.4. The first-order chi connectivity index (χ1) is 16.9. The van der Waals surface area contributed by atoms with E-state index in [1.54, 1.807) is 37.3 Å². The summed E-state index contributed by atoms with van der Waals surface area (Å²) in [6, 6.07) is 13.2. The van der Waals surface area contributed by atoms with Gasteiger partial charge in [0.15, 0.2) is 21.3 Å². The summed E-state index contributed by atoms with van der Waals surface area (Å²) in [5, 5.41) is 0. The summed E-state index contributed by atoms with van der Waals surface area (Å²) < 4.78 is 60.4. The zero-order valence-corrected chi connectivity index (χ0v) is 20.9. The highest BCUT2D eigenvalue weighted by molar-refractivity contribution is 7.91. The number of hydrogen-bond acceptors (Lipinski definition) is 6. The van der Waals surface area contributed by atoms with Crippen LogP contribution in [0, 0.1) is 13.8 Å². The zero-order valence-electron chi connectivity index (χ0n) is 20.1. The third kappa shape index (κ3) is 4.25. The van der Waals surface area contributed by atoms with Crippen LogP contribution in [0.2, 0.25) is 0 Å². The predicted octanol–water partition coefficient (Wildman–Crippen LogP) is 5.32. The lowest BCUT2D eigenvalue weighted by molar-refractivity contribution is -0.286. The first-order valence-electron chi connectivity index (χ1n) is 11.7. The normalized spacial score (nSPS) is 17.1. The molecule has 2 heterocycles. The maximum Gasteiger partial charge on any atom is 0.586 e. The first kappa shape index (κ1) is 24.4. The average Bonchev–Trinajstić information content (AvgIpc) is 3.57. The van der Waals surface area contributed by atoms with Gasteiger partial charge in [0.25, 0.3) is 0 Å². The number of halogens is 2. The highest BCUT2D eigenvalue weighted by Gasteiger charge is 2.52.